The monoisotopic (exact) mass is 332 g/mol. The molecule has 1 aromatic carbocycles. The Kier molecular flexibility index (Phi) is 7.53. The molecule has 0 bridgehead atoms. The minimum absolute atomic E-state index is 0.0873. The van der Waals surface area contributed by atoms with Crippen LogP contribution in [-0.4, -0.2) is 54.6 Å². The molecule has 0 radical (unpaired) electrons. The number of likely N-dealkylation sites (N-methyl/N-ethyl adjacent to an activating group) is 1. The number of nitrogens with one attached hydrogen (secondary N) is 2. The van der Waals surface area contributed by atoms with Gasteiger partial charge in [0, 0.05) is 45.3 Å². The summed E-state index contributed by atoms with van der Waals surface area (Å²) in [5, 5.41) is 5.93. The fraction of sp³-hybridized carbons (Fsp3) is 0.632. The van der Waals surface area contributed by atoms with Crippen molar-refractivity contribution >= 4 is 6.03 Å². The Labute approximate surface area is 146 Å². The first-order valence-corrected chi connectivity index (χ1v) is 9.18. The van der Waals surface area contributed by atoms with Crippen molar-refractivity contribution < 1.29 is 4.79 Å². The largest absolute Gasteiger partial charge is 0.336 e. The van der Waals surface area contributed by atoms with Crippen molar-refractivity contribution in [2.45, 2.75) is 46.3 Å². The van der Waals surface area contributed by atoms with E-state index in [1.165, 1.54) is 11.1 Å². The third-order valence-corrected chi connectivity index (χ3v) is 4.85. The van der Waals surface area contributed by atoms with E-state index in [9.17, 15) is 4.79 Å². The molecule has 1 fully saturated rings. The van der Waals surface area contributed by atoms with Crippen molar-refractivity contribution in [3.8, 4) is 0 Å². The van der Waals surface area contributed by atoms with Gasteiger partial charge in [0.25, 0.3) is 0 Å². The normalized spacial score (nSPS) is 17.5. The van der Waals surface area contributed by atoms with Crippen LogP contribution in [-0.2, 0) is 13.1 Å². The zero-order valence-corrected chi connectivity index (χ0v) is 15.3. The maximum absolute atomic E-state index is 11.9. The van der Waals surface area contributed by atoms with Crippen molar-refractivity contribution in [3.63, 3.8) is 0 Å². The van der Waals surface area contributed by atoms with E-state index in [-0.39, 0.29) is 12.1 Å². The second-order valence-electron chi connectivity index (χ2n) is 6.62. The van der Waals surface area contributed by atoms with E-state index in [4.69, 9.17) is 0 Å². The molecule has 2 N–H and O–H groups in total. The van der Waals surface area contributed by atoms with Crippen molar-refractivity contribution in [1.82, 2.24) is 20.4 Å². The van der Waals surface area contributed by atoms with Crippen LogP contribution in [0.1, 0.15) is 38.3 Å². The maximum atomic E-state index is 11.9. The summed E-state index contributed by atoms with van der Waals surface area (Å²) < 4.78 is 0. The Hall–Kier alpha value is -1.59. The molecule has 1 aromatic rings. The number of nitrogens with zero attached hydrogens (tertiary/aromatic N) is 2. The predicted octanol–water partition coefficient (Wildman–Crippen LogP) is 2.42. The average Bonchev–Trinajstić information content (AvgIpc) is 2.61. The van der Waals surface area contributed by atoms with Crippen LogP contribution in [0.15, 0.2) is 24.3 Å². The van der Waals surface area contributed by atoms with Gasteiger partial charge in [0.15, 0.2) is 0 Å². The minimum Gasteiger partial charge on any atom is -0.336 e. The fourth-order valence-corrected chi connectivity index (χ4v) is 2.94. The average molecular weight is 332 g/mol. The van der Waals surface area contributed by atoms with E-state index in [1.807, 2.05) is 13.0 Å². The van der Waals surface area contributed by atoms with Crippen LogP contribution in [0.4, 0.5) is 4.79 Å². The van der Waals surface area contributed by atoms with E-state index < -0.39 is 0 Å². The Morgan fingerprint density at radius 3 is 2.33 bits per heavy atom. The molecule has 0 spiro atoms. The second-order valence-corrected chi connectivity index (χ2v) is 6.62. The third-order valence-electron chi connectivity index (χ3n) is 4.85. The second kappa shape index (κ2) is 9.64. The molecule has 24 heavy (non-hydrogen) atoms. The molecule has 1 atom stereocenters. The standard InChI is InChI=1S/C19H32N4O/c1-4-16(3)21-19(24)20-14-17-8-6-7-9-18(17)15-23-12-10-22(5-2)11-13-23/h6-9,16H,4-5,10-15H2,1-3H3,(H2,20,21,24). The molecule has 5 nitrogen and oxygen atoms in total. The molecule has 2 amide bonds. The molecule has 1 heterocycles. The highest BCUT2D eigenvalue weighted by Crippen LogP contribution is 2.13. The molecular weight excluding hydrogens is 300 g/mol. The summed E-state index contributed by atoms with van der Waals surface area (Å²) in [6, 6.07) is 8.53. The van der Waals surface area contributed by atoms with Gasteiger partial charge >= 0.3 is 6.03 Å². The van der Waals surface area contributed by atoms with Gasteiger partial charge in [0.1, 0.15) is 0 Å². The number of amides is 2. The van der Waals surface area contributed by atoms with Gasteiger partial charge in [-0.1, -0.05) is 38.1 Å². The fourth-order valence-electron chi connectivity index (χ4n) is 2.94. The van der Waals surface area contributed by atoms with E-state index in [0.717, 1.165) is 45.7 Å². The van der Waals surface area contributed by atoms with Crippen molar-refractivity contribution in [2.24, 2.45) is 0 Å². The van der Waals surface area contributed by atoms with E-state index in [2.05, 4.69) is 52.5 Å². The number of rotatable bonds is 7. The van der Waals surface area contributed by atoms with Crippen LogP contribution in [0, 0.1) is 0 Å². The first-order valence-electron chi connectivity index (χ1n) is 9.18. The van der Waals surface area contributed by atoms with Gasteiger partial charge < -0.3 is 15.5 Å². The lowest BCUT2D eigenvalue weighted by atomic mass is 10.1. The molecule has 1 aliphatic heterocycles. The molecule has 1 aliphatic rings. The highest BCUT2D eigenvalue weighted by molar-refractivity contribution is 5.74. The van der Waals surface area contributed by atoms with Gasteiger partial charge in [0.05, 0.1) is 0 Å². The molecule has 0 aliphatic carbocycles. The van der Waals surface area contributed by atoms with Gasteiger partial charge in [0.2, 0.25) is 0 Å². The topological polar surface area (TPSA) is 47.6 Å². The summed E-state index contributed by atoms with van der Waals surface area (Å²) in [5.41, 5.74) is 2.51. The number of carbonyl (C=O) groups is 1. The Morgan fingerprint density at radius 2 is 1.71 bits per heavy atom. The number of carbonyl (C=O) groups excluding carboxylic acids is 1. The Bertz CT molecular complexity index is 512. The van der Waals surface area contributed by atoms with Crippen molar-refractivity contribution in [1.29, 1.82) is 0 Å². The van der Waals surface area contributed by atoms with Gasteiger partial charge in [-0.25, -0.2) is 4.79 Å². The first-order chi connectivity index (χ1) is 11.6. The Morgan fingerprint density at radius 1 is 1.08 bits per heavy atom. The van der Waals surface area contributed by atoms with E-state index in [0.29, 0.717) is 6.54 Å². The number of piperazine rings is 1. The molecule has 0 saturated carbocycles. The molecule has 1 unspecified atom stereocenters. The molecule has 2 rings (SSSR count). The number of hydrogen-bond acceptors (Lipinski definition) is 3. The zero-order chi connectivity index (χ0) is 17.4. The molecular formula is C19H32N4O. The van der Waals surface area contributed by atoms with Crippen LogP contribution in [0.25, 0.3) is 0 Å². The zero-order valence-electron chi connectivity index (χ0n) is 15.3. The quantitative estimate of drug-likeness (QED) is 0.806. The molecule has 5 heteroatoms. The SMILES string of the molecule is CCC(C)NC(=O)NCc1ccccc1CN1CCN(CC)CC1. The lowest BCUT2D eigenvalue weighted by Gasteiger charge is -2.34. The predicted molar refractivity (Wildman–Crippen MR) is 99.0 cm³/mol. The van der Waals surface area contributed by atoms with Gasteiger partial charge in [-0.05, 0) is 31.0 Å². The first kappa shape index (κ1) is 18.7. The lowest BCUT2D eigenvalue weighted by Crippen LogP contribution is -2.45. The van der Waals surface area contributed by atoms with Crippen molar-refractivity contribution in [3.05, 3.63) is 35.4 Å². The summed E-state index contributed by atoms with van der Waals surface area (Å²) in [5.74, 6) is 0. The van der Waals surface area contributed by atoms with E-state index >= 15 is 0 Å². The van der Waals surface area contributed by atoms with Gasteiger partial charge in [-0.3, -0.25) is 4.90 Å². The summed E-state index contributed by atoms with van der Waals surface area (Å²) in [6.45, 7) is 13.5. The van der Waals surface area contributed by atoms with Crippen LogP contribution in [0.5, 0.6) is 0 Å². The van der Waals surface area contributed by atoms with Crippen LogP contribution < -0.4 is 10.6 Å². The van der Waals surface area contributed by atoms with Crippen molar-refractivity contribution in [2.75, 3.05) is 32.7 Å². The molecule has 0 aromatic heterocycles. The number of hydrogen-bond donors (Lipinski definition) is 2. The summed E-state index contributed by atoms with van der Waals surface area (Å²) in [7, 11) is 0. The van der Waals surface area contributed by atoms with Crippen LogP contribution in [0.2, 0.25) is 0 Å². The maximum Gasteiger partial charge on any atom is 0.315 e. The smallest absolute Gasteiger partial charge is 0.315 e. The third kappa shape index (κ3) is 5.80. The lowest BCUT2D eigenvalue weighted by molar-refractivity contribution is 0.131. The number of benzene rings is 1. The van der Waals surface area contributed by atoms with Gasteiger partial charge in [-0.2, -0.15) is 0 Å². The number of urea groups is 1. The summed E-state index contributed by atoms with van der Waals surface area (Å²) >= 11 is 0. The van der Waals surface area contributed by atoms with Crippen LogP contribution in [0.3, 0.4) is 0 Å². The molecule has 134 valence electrons. The van der Waals surface area contributed by atoms with E-state index in [1.54, 1.807) is 0 Å². The van der Waals surface area contributed by atoms with Gasteiger partial charge in [-0.15, -0.1) is 0 Å². The summed E-state index contributed by atoms with van der Waals surface area (Å²) in [4.78, 5) is 16.9. The Balaban J connectivity index is 1.87. The summed E-state index contributed by atoms with van der Waals surface area (Å²) in [6.07, 6.45) is 0.938. The highest BCUT2D eigenvalue weighted by atomic mass is 16.2. The minimum atomic E-state index is -0.0873. The van der Waals surface area contributed by atoms with Crippen LogP contribution >= 0.6 is 0 Å². The molecule has 1 saturated heterocycles. The highest BCUT2D eigenvalue weighted by Gasteiger charge is 2.16.